The first-order valence-electron chi connectivity index (χ1n) is 6.08. The quantitative estimate of drug-likeness (QED) is 0.863. The van der Waals surface area contributed by atoms with Crippen molar-refractivity contribution in [1.82, 2.24) is 5.32 Å². The van der Waals surface area contributed by atoms with Gasteiger partial charge in [-0.15, -0.1) is 11.3 Å². The van der Waals surface area contributed by atoms with Crippen LogP contribution in [0.15, 0.2) is 17.5 Å². The van der Waals surface area contributed by atoms with E-state index in [1.54, 1.807) is 0 Å². The summed E-state index contributed by atoms with van der Waals surface area (Å²) in [5, 5.41) is 5.85. The van der Waals surface area contributed by atoms with Crippen molar-refractivity contribution < 1.29 is 0 Å². The predicted molar refractivity (Wildman–Crippen MR) is 75.6 cm³/mol. The highest BCUT2D eigenvalue weighted by Gasteiger charge is 2.29. The summed E-state index contributed by atoms with van der Waals surface area (Å²) < 4.78 is 0.490. The van der Waals surface area contributed by atoms with Crippen LogP contribution < -0.4 is 5.32 Å². The van der Waals surface area contributed by atoms with Crippen LogP contribution in [0, 0.1) is 0 Å². The zero-order valence-electron chi connectivity index (χ0n) is 10.2. The summed E-state index contributed by atoms with van der Waals surface area (Å²) in [7, 11) is 0. The van der Waals surface area contributed by atoms with E-state index in [1.165, 1.54) is 29.9 Å². The standard InChI is InChI=1S/C13H21NS2/c1-11(9-12-5-3-7-15-12)14-10-13(2)6-4-8-16-13/h3,5,7,11,14H,4,6,8-10H2,1-2H3. The molecule has 2 atom stereocenters. The molecule has 0 spiro atoms. The van der Waals surface area contributed by atoms with Crippen LogP contribution in [0.3, 0.4) is 0 Å². The largest absolute Gasteiger partial charge is 0.313 e. The van der Waals surface area contributed by atoms with Crippen molar-refractivity contribution in [2.45, 2.75) is 43.9 Å². The van der Waals surface area contributed by atoms with Crippen LogP contribution in [0.2, 0.25) is 0 Å². The lowest BCUT2D eigenvalue weighted by molar-refractivity contribution is 0.479. The molecule has 1 aliphatic rings. The lowest BCUT2D eigenvalue weighted by atomic mass is 10.1. The molecule has 16 heavy (non-hydrogen) atoms. The van der Waals surface area contributed by atoms with Crippen molar-refractivity contribution >= 4 is 23.1 Å². The van der Waals surface area contributed by atoms with Gasteiger partial charge < -0.3 is 5.32 Å². The van der Waals surface area contributed by atoms with Gasteiger partial charge in [0.05, 0.1) is 0 Å². The summed E-state index contributed by atoms with van der Waals surface area (Å²) in [5.74, 6) is 1.34. The molecule has 3 heteroatoms. The van der Waals surface area contributed by atoms with Crippen LogP contribution in [0.25, 0.3) is 0 Å². The van der Waals surface area contributed by atoms with Crippen LogP contribution in [-0.2, 0) is 6.42 Å². The van der Waals surface area contributed by atoms with Crippen molar-refractivity contribution in [3.8, 4) is 0 Å². The zero-order chi connectivity index (χ0) is 11.4. The summed E-state index contributed by atoms with van der Waals surface area (Å²) in [6, 6.07) is 4.96. The van der Waals surface area contributed by atoms with Crippen LogP contribution in [0.1, 0.15) is 31.6 Å². The molecule has 1 N–H and O–H groups in total. The molecule has 0 amide bonds. The molecule has 1 aromatic heterocycles. The minimum atomic E-state index is 0.490. The first-order chi connectivity index (χ1) is 7.68. The second kappa shape index (κ2) is 5.56. The molecule has 1 fully saturated rings. The average molecular weight is 255 g/mol. The lowest BCUT2D eigenvalue weighted by Gasteiger charge is -2.25. The van der Waals surface area contributed by atoms with E-state index in [4.69, 9.17) is 0 Å². The number of nitrogens with one attached hydrogen (secondary N) is 1. The Morgan fingerprint density at radius 1 is 1.56 bits per heavy atom. The monoisotopic (exact) mass is 255 g/mol. The van der Waals surface area contributed by atoms with Crippen LogP contribution >= 0.6 is 23.1 Å². The molecule has 1 aliphatic heterocycles. The molecular weight excluding hydrogens is 234 g/mol. The van der Waals surface area contributed by atoms with Crippen molar-refractivity contribution in [3.63, 3.8) is 0 Å². The Bertz CT molecular complexity index is 302. The molecular formula is C13H21NS2. The number of thiophene rings is 1. The molecule has 1 nitrogen and oxygen atoms in total. The highest BCUT2D eigenvalue weighted by atomic mass is 32.2. The van der Waals surface area contributed by atoms with Gasteiger partial charge in [0.2, 0.25) is 0 Å². The maximum atomic E-state index is 3.69. The Kier molecular flexibility index (Phi) is 4.34. The maximum absolute atomic E-state index is 3.69. The molecule has 0 saturated carbocycles. The molecule has 0 radical (unpaired) electrons. The van der Waals surface area contributed by atoms with Crippen LogP contribution in [-0.4, -0.2) is 23.1 Å². The van der Waals surface area contributed by atoms with Gasteiger partial charge >= 0.3 is 0 Å². The predicted octanol–water partition coefficient (Wildman–Crippen LogP) is 3.55. The Labute approximate surface area is 107 Å². The minimum absolute atomic E-state index is 0.490. The first-order valence-corrected chi connectivity index (χ1v) is 7.94. The third-order valence-electron chi connectivity index (χ3n) is 3.21. The smallest absolute Gasteiger partial charge is 0.0256 e. The second-order valence-electron chi connectivity index (χ2n) is 4.97. The molecule has 1 aromatic rings. The van der Waals surface area contributed by atoms with Gasteiger partial charge in [-0.05, 0) is 50.3 Å². The van der Waals surface area contributed by atoms with Gasteiger partial charge in [0.25, 0.3) is 0 Å². The van der Waals surface area contributed by atoms with E-state index in [9.17, 15) is 0 Å². The van der Waals surface area contributed by atoms with E-state index < -0.39 is 0 Å². The number of rotatable bonds is 5. The SMILES string of the molecule is CC(Cc1cccs1)NCC1(C)CCCS1. The Morgan fingerprint density at radius 2 is 2.44 bits per heavy atom. The first kappa shape index (κ1) is 12.5. The van der Waals surface area contributed by atoms with Crippen molar-refractivity contribution in [2.24, 2.45) is 0 Å². The van der Waals surface area contributed by atoms with E-state index >= 15 is 0 Å². The Morgan fingerprint density at radius 3 is 3.06 bits per heavy atom. The summed E-state index contributed by atoms with van der Waals surface area (Å²) >= 11 is 4.00. The van der Waals surface area contributed by atoms with E-state index in [1.807, 2.05) is 11.3 Å². The van der Waals surface area contributed by atoms with Crippen molar-refractivity contribution in [1.29, 1.82) is 0 Å². The lowest BCUT2D eigenvalue weighted by Crippen LogP contribution is -2.38. The summed E-state index contributed by atoms with van der Waals surface area (Å²) in [6.07, 6.45) is 3.93. The van der Waals surface area contributed by atoms with Gasteiger partial charge in [-0.3, -0.25) is 0 Å². The Balaban J connectivity index is 1.73. The number of hydrogen-bond acceptors (Lipinski definition) is 3. The van der Waals surface area contributed by atoms with Crippen molar-refractivity contribution in [3.05, 3.63) is 22.4 Å². The molecule has 90 valence electrons. The van der Waals surface area contributed by atoms with Crippen molar-refractivity contribution in [2.75, 3.05) is 12.3 Å². The normalized spacial score (nSPS) is 27.1. The van der Waals surface area contributed by atoms with Crippen LogP contribution in [0.5, 0.6) is 0 Å². The molecule has 0 aromatic carbocycles. The maximum Gasteiger partial charge on any atom is 0.0256 e. The fourth-order valence-electron chi connectivity index (χ4n) is 2.17. The van der Waals surface area contributed by atoms with E-state index in [0.29, 0.717) is 10.8 Å². The van der Waals surface area contributed by atoms with E-state index in [2.05, 4.69) is 48.4 Å². The second-order valence-corrected chi connectivity index (χ2v) is 7.68. The van der Waals surface area contributed by atoms with E-state index in [0.717, 1.165) is 6.54 Å². The van der Waals surface area contributed by atoms with Gasteiger partial charge in [-0.2, -0.15) is 11.8 Å². The van der Waals surface area contributed by atoms with Gasteiger partial charge in [-0.25, -0.2) is 0 Å². The molecule has 2 rings (SSSR count). The van der Waals surface area contributed by atoms with Gasteiger partial charge in [0.15, 0.2) is 0 Å². The van der Waals surface area contributed by atoms with Gasteiger partial charge in [0.1, 0.15) is 0 Å². The molecule has 2 heterocycles. The zero-order valence-corrected chi connectivity index (χ0v) is 11.8. The van der Waals surface area contributed by atoms with E-state index in [-0.39, 0.29) is 0 Å². The molecule has 2 unspecified atom stereocenters. The minimum Gasteiger partial charge on any atom is -0.313 e. The third kappa shape index (κ3) is 3.51. The number of hydrogen-bond donors (Lipinski definition) is 1. The molecule has 0 bridgehead atoms. The highest BCUT2D eigenvalue weighted by molar-refractivity contribution is 8.00. The summed E-state index contributed by atoms with van der Waals surface area (Å²) in [6.45, 7) is 5.85. The third-order valence-corrected chi connectivity index (χ3v) is 5.65. The van der Waals surface area contributed by atoms with Gasteiger partial charge in [-0.1, -0.05) is 6.07 Å². The van der Waals surface area contributed by atoms with Gasteiger partial charge in [0, 0.05) is 22.2 Å². The van der Waals surface area contributed by atoms with Crippen LogP contribution in [0.4, 0.5) is 0 Å². The molecule has 1 saturated heterocycles. The molecule has 0 aliphatic carbocycles. The number of thioether (sulfide) groups is 1. The summed E-state index contributed by atoms with van der Waals surface area (Å²) in [5.41, 5.74) is 0. The average Bonchev–Trinajstić information content (AvgIpc) is 2.88. The Hall–Kier alpha value is 0.01000. The topological polar surface area (TPSA) is 12.0 Å². The highest BCUT2D eigenvalue weighted by Crippen LogP contribution is 2.37. The summed E-state index contributed by atoms with van der Waals surface area (Å²) in [4.78, 5) is 1.49. The fraction of sp³-hybridized carbons (Fsp3) is 0.692. The fourth-order valence-corrected chi connectivity index (χ4v) is 4.26.